The maximum Gasteiger partial charge on any atom is 0.129 e. The molecule has 1 saturated carbocycles. The highest BCUT2D eigenvalue weighted by Gasteiger charge is 2.51. The Bertz CT molecular complexity index is 587. The molecule has 1 N–H and O–H groups in total. The molecule has 2 aromatic carbocycles. The Kier molecular flexibility index (Phi) is 2.90. The SMILES string of the molecule is Cc1ccc(F)c(C(O)C2(c3ccccc3)CC2)c1. The van der Waals surface area contributed by atoms with E-state index in [1.807, 2.05) is 37.3 Å². The van der Waals surface area contributed by atoms with Crippen molar-refractivity contribution in [3.63, 3.8) is 0 Å². The molecule has 0 bridgehead atoms. The van der Waals surface area contributed by atoms with Crippen molar-refractivity contribution in [2.75, 3.05) is 0 Å². The van der Waals surface area contributed by atoms with Gasteiger partial charge in [0.05, 0.1) is 6.10 Å². The Labute approximate surface area is 112 Å². The summed E-state index contributed by atoms with van der Waals surface area (Å²) in [5, 5.41) is 10.6. The molecule has 0 amide bonds. The minimum atomic E-state index is -0.769. The first kappa shape index (κ1) is 12.4. The molecule has 98 valence electrons. The molecule has 0 aromatic heterocycles. The van der Waals surface area contributed by atoms with Crippen LogP contribution in [0.5, 0.6) is 0 Å². The number of halogens is 1. The smallest absolute Gasteiger partial charge is 0.129 e. The quantitative estimate of drug-likeness (QED) is 0.883. The predicted octanol–water partition coefficient (Wildman–Crippen LogP) is 3.90. The third-order valence-corrected chi connectivity index (χ3v) is 4.11. The average Bonchev–Trinajstić information content (AvgIpc) is 3.23. The highest BCUT2D eigenvalue weighted by molar-refractivity contribution is 5.38. The van der Waals surface area contributed by atoms with Gasteiger partial charge in [-0.3, -0.25) is 0 Å². The second-order valence-corrected chi connectivity index (χ2v) is 5.45. The van der Waals surface area contributed by atoms with Gasteiger partial charge in [-0.1, -0.05) is 48.0 Å². The number of aryl methyl sites for hydroxylation is 1. The van der Waals surface area contributed by atoms with Crippen LogP contribution < -0.4 is 0 Å². The van der Waals surface area contributed by atoms with Crippen LogP contribution in [0.15, 0.2) is 48.5 Å². The van der Waals surface area contributed by atoms with E-state index in [0.717, 1.165) is 24.0 Å². The van der Waals surface area contributed by atoms with Crippen LogP contribution >= 0.6 is 0 Å². The molecule has 1 atom stereocenters. The summed E-state index contributed by atoms with van der Waals surface area (Å²) < 4.78 is 13.9. The molecule has 1 unspecified atom stereocenters. The van der Waals surface area contributed by atoms with Gasteiger partial charge in [-0.15, -0.1) is 0 Å². The number of rotatable bonds is 3. The van der Waals surface area contributed by atoms with Crippen LogP contribution in [-0.4, -0.2) is 5.11 Å². The second-order valence-electron chi connectivity index (χ2n) is 5.45. The first-order chi connectivity index (χ1) is 9.13. The lowest BCUT2D eigenvalue weighted by atomic mass is 9.85. The van der Waals surface area contributed by atoms with Gasteiger partial charge in [0.1, 0.15) is 5.82 Å². The van der Waals surface area contributed by atoms with Crippen molar-refractivity contribution >= 4 is 0 Å². The monoisotopic (exact) mass is 256 g/mol. The Morgan fingerprint density at radius 3 is 2.42 bits per heavy atom. The molecule has 1 nitrogen and oxygen atoms in total. The van der Waals surface area contributed by atoms with Crippen LogP contribution in [0.25, 0.3) is 0 Å². The van der Waals surface area contributed by atoms with Crippen LogP contribution in [0.3, 0.4) is 0 Å². The Morgan fingerprint density at radius 2 is 1.79 bits per heavy atom. The van der Waals surface area contributed by atoms with Gasteiger partial charge in [-0.2, -0.15) is 0 Å². The lowest BCUT2D eigenvalue weighted by Gasteiger charge is -2.24. The fraction of sp³-hybridized carbons (Fsp3) is 0.294. The van der Waals surface area contributed by atoms with Gasteiger partial charge in [0.25, 0.3) is 0 Å². The van der Waals surface area contributed by atoms with E-state index in [0.29, 0.717) is 5.56 Å². The predicted molar refractivity (Wildman–Crippen MR) is 73.5 cm³/mol. The van der Waals surface area contributed by atoms with Gasteiger partial charge in [-0.25, -0.2) is 4.39 Å². The average molecular weight is 256 g/mol. The molecule has 1 aliphatic rings. The third kappa shape index (κ3) is 2.06. The molecule has 1 aliphatic carbocycles. The molecule has 3 rings (SSSR count). The zero-order valence-electron chi connectivity index (χ0n) is 10.9. The molecule has 0 spiro atoms. The summed E-state index contributed by atoms with van der Waals surface area (Å²) in [6, 6.07) is 14.8. The van der Waals surface area contributed by atoms with Crippen LogP contribution in [0.1, 0.15) is 35.6 Å². The van der Waals surface area contributed by atoms with E-state index in [2.05, 4.69) is 0 Å². The van der Waals surface area contributed by atoms with Gasteiger partial charge in [0, 0.05) is 11.0 Å². The van der Waals surface area contributed by atoms with Crippen molar-refractivity contribution in [1.29, 1.82) is 0 Å². The van der Waals surface area contributed by atoms with E-state index in [1.165, 1.54) is 6.07 Å². The number of aliphatic hydroxyl groups is 1. The minimum Gasteiger partial charge on any atom is -0.387 e. The largest absolute Gasteiger partial charge is 0.387 e. The highest BCUT2D eigenvalue weighted by atomic mass is 19.1. The third-order valence-electron chi connectivity index (χ3n) is 4.11. The lowest BCUT2D eigenvalue weighted by molar-refractivity contribution is 0.129. The molecule has 2 aromatic rings. The van der Waals surface area contributed by atoms with E-state index >= 15 is 0 Å². The summed E-state index contributed by atoms with van der Waals surface area (Å²) in [4.78, 5) is 0. The first-order valence-corrected chi connectivity index (χ1v) is 6.63. The number of aliphatic hydroxyl groups excluding tert-OH is 1. The van der Waals surface area contributed by atoms with E-state index in [4.69, 9.17) is 0 Å². The standard InChI is InChI=1S/C17H17FO/c1-12-7-8-15(18)14(11-12)16(19)17(9-10-17)13-5-3-2-4-6-13/h2-8,11,16,19H,9-10H2,1H3. The van der Waals surface area contributed by atoms with Crippen molar-refractivity contribution in [2.45, 2.75) is 31.3 Å². The first-order valence-electron chi connectivity index (χ1n) is 6.63. The van der Waals surface area contributed by atoms with Gasteiger partial charge in [0.15, 0.2) is 0 Å². The lowest BCUT2D eigenvalue weighted by Crippen LogP contribution is -2.19. The molecular formula is C17H17FO. The molecular weight excluding hydrogens is 239 g/mol. The van der Waals surface area contributed by atoms with E-state index in [-0.39, 0.29) is 11.2 Å². The summed E-state index contributed by atoms with van der Waals surface area (Å²) in [5.74, 6) is -0.319. The fourth-order valence-corrected chi connectivity index (χ4v) is 2.80. The fourth-order valence-electron chi connectivity index (χ4n) is 2.80. The Hall–Kier alpha value is -1.67. The summed E-state index contributed by atoms with van der Waals surface area (Å²) >= 11 is 0. The number of hydrogen-bond donors (Lipinski definition) is 1. The number of benzene rings is 2. The zero-order chi connectivity index (χ0) is 13.5. The van der Waals surface area contributed by atoms with Gasteiger partial charge < -0.3 is 5.11 Å². The van der Waals surface area contributed by atoms with Crippen molar-refractivity contribution in [2.24, 2.45) is 0 Å². The van der Waals surface area contributed by atoms with Crippen molar-refractivity contribution in [3.05, 3.63) is 71.0 Å². The highest BCUT2D eigenvalue weighted by Crippen LogP contribution is 2.56. The van der Waals surface area contributed by atoms with Gasteiger partial charge in [0.2, 0.25) is 0 Å². The van der Waals surface area contributed by atoms with Crippen LogP contribution in [0.4, 0.5) is 4.39 Å². The second kappa shape index (κ2) is 4.46. The van der Waals surface area contributed by atoms with Crippen LogP contribution in [0.2, 0.25) is 0 Å². The maximum absolute atomic E-state index is 13.9. The van der Waals surface area contributed by atoms with E-state index in [1.54, 1.807) is 12.1 Å². The Balaban J connectivity index is 2.00. The molecule has 19 heavy (non-hydrogen) atoms. The van der Waals surface area contributed by atoms with E-state index < -0.39 is 6.10 Å². The number of hydrogen-bond acceptors (Lipinski definition) is 1. The summed E-state index contributed by atoms with van der Waals surface area (Å²) in [6.45, 7) is 1.91. The summed E-state index contributed by atoms with van der Waals surface area (Å²) in [7, 11) is 0. The van der Waals surface area contributed by atoms with Crippen molar-refractivity contribution in [3.8, 4) is 0 Å². The zero-order valence-corrected chi connectivity index (χ0v) is 10.9. The topological polar surface area (TPSA) is 20.2 Å². The summed E-state index contributed by atoms with van der Waals surface area (Å²) in [6.07, 6.45) is 1.05. The molecule has 0 aliphatic heterocycles. The van der Waals surface area contributed by atoms with Crippen LogP contribution in [0, 0.1) is 12.7 Å². The molecule has 0 radical (unpaired) electrons. The van der Waals surface area contributed by atoms with Crippen molar-refractivity contribution < 1.29 is 9.50 Å². The summed E-state index contributed by atoms with van der Waals surface area (Å²) in [5.41, 5.74) is 2.19. The molecule has 0 heterocycles. The normalized spacial score (nSPS) is 18.1. The maximum atomic E-state index is 13.9. The molecule has 2 heteroatoms. The molecule has 0 saturated heterocycles. The van der Waals surface area contributed by atoms with Gasteiger partial charge in [-0.05, 0) is 31.4 Å². The van der Waals surface area contributed by atoms with Gasteiger partial charge >= 0.3 is 0 Å². The van der Waals surface area contributed by atoms with Crippen LogP contribution in [-0.2, 0) is 5.41 Å². The molecule has 1 fully saturated rings. The minimum absolute atomic E-state index is 0.296. The van der Waals surface area contributed by atoms with E-state index in [9.17, 15) is 9.50 Å². The Morgan fingerprint density at radius 1 is 1.11 bits per heavy atom. The van der Waals surface area contributed by atoms with Crippen molar-refractivity contribution in [1.82, 2.24) is 0 Å².